The molecular formula is C25H30F3N5O2S. The number of fused-ring (bicyclic) bond motifs is 1. The van der Waals surface area contributed by atoms with E-state index < -0.39 is 21.8 Å². The summed E-state index contributed by atoms with van der Waals surface area (Å²) in [4.78, 5) is 9.18. The Morgan fingerprint density at radius 3 is 2.39 bits per heavy atom. The molecule has 194 valence electrons. The second-order valence-corrected chi connectivity index (χ2v) is 10.7. The van der Waals surface area contributed by atoms with Crippen LogP contribution in [0.15, 0.2) is 59.5 Å². The lowest BCUT2D eigenvalue weighted by Crippen LogP contribution is -2.45. The molecule has 7 nitrogen and oxygen atoms in total. The van der Waals surface area contributed by atoms with E-state index in [-0.39, 0.29) is 10.6 Å². The number of para-hydroxylation sites is 1. The molecule has 36 heavy (non-hydrogen) atoms. The van der Waals surface area contributed by atoms with E-state index in [9.17, 15) is 21.6 Å². The highest BCUT2D eigenvalue weighted by Gasteiger charge is 2.30. The van der Waals surface area contributed by atoms with E-state index in [2.05, 4.69) is 31.9 Å². The van der Waals surface area contributed by atoms with Crippen LogP contribution in [0, 0.1) is 0 Å². The van der Waals surface area contributed by atoms with Crippen LogP contribution in [0.3, 0.4) is 0 Å². The molecule has 1 aliphatic rings. The monoisotopic (exact) mass is 521 g/mol. The van der Waals surface area contributed by atoms with Crippen molar-refractivity contribution in [2.75, 3.05) is 51.0 Å². The summed E-state index contributed by atoms with van der Waals surface area (Å²) in [7, 11) is -1.96. The van der Waals surface area contributed by atoms with Gasteiger partial charge in [-0.15, -0.1) is 0 Å². The van der Waals surface area contributed by atoms with Gasteiger partial charge in [0.25, 0.3) is 10.0 Å². The van der Waals surface area contributed by atoms with Gasteiger partial charge in [-0.05, 0) is 63.0 Å². The van der Waals surface area contributed by atoms with Crippen LogP contribution in [0.2, 0.25) is 0 Å². The molecule has 2 heterocycles. The number of hydrogen-bond acceptors (Lipinski definition) is 6. The van der Waals surface area contributed by atoms with E-state index in [0.29, 0.717) is 12.1 Å². The number of pyridine rings is 1. The molecule has 0 atom stereocenters. The van der Waals surface area contributed by atoms with Gasteiger partial charge in [0.15, 0.2) is 0 Å². The SMILES string of the molecule is CN1CCN(CCCNCc2ccc3cccc(NS(=O)(=O)c4ccc(C(F)(F)F)cc4)c3n2)CC1. The summed E-state index contributed by atoms with van der Waals surface area (Å²) < 4.78 is 66.6. The quantitative estimate of drug-likeness (QED) is 0.418. The smallest absolute Gasteiger partial charge is 0.311 e. The zero-order valence-electron chi connectivity index (χ0n) is 20.1. The fourth-order valence-electron chi connectivity index (χ4n) is 4.11. The van der Waals surface area contributed by atoms with Gasteiger partial charge in [-0.1, -0.05) is 18.2 Å². The van der Waals surface area contributed by atoms with Crippen molar-refractivity contribution in [1.82, 2.24) is 20.1 Å². The molecule has 2 N–H and O–H groups in total. The topological polar surface area (TPSA) is 77.6 Å². The number of benzene rings is 2. The Morgan fingerprint density at radius 1 is 0.972 bits per heavy atom. The maximum Gasteiger partial charge on any atom is 0.416 e. The van der Waals surface area contributed by atoms with Crippen LogP contribution >= 0.6 is 0 Å². The first-order chi connectivity index (χ1) is 17.1. The molecule has 1 fully saturated rings. The van der Waals surface area contributed by atoms with E-state index in [1.165, 1.54) is 0 Å². The predicted molar refractivity (Wildman–Crippen MR) is 134 cm³/mol. The second-order valence-electron chi connectivity index (χ2n) is 8.98. The normalized spacial score (nSPS) is 15.9. The maximum atomic E-state index is 12.8. The number of nitrogens with zero attached hydrogens (tertiary/aromatic N) is 3. The Bertz CT molecular complexity index is 1280. The van der Waals surface area contributed by atoms with E-state index in [1.54, 1.807) is 12.1 Å². The maximum absolute atomic E-state index is 12.8. The van der Waals surface area contributed by atoms with Crippen LogP contribution in [0.4, 0.5) is 18.9 Å². The highest BCUT2D eigenvalue weighted by Crippen LogP contribution is 2.30. The van der Waals surface area contributed by atoms with Crippen molar-refractivity contribution in [1.29, 1.82) is 0 Å². The average Bonchev–Trinajstić information content (AvgIpc) is 2.85. The fourth-order valence-corrected chi connectivity index (χ4v) is 5.18. The van der Waals surface area contributed by atoms with Crippen LogP contribution in [-0.2, 0) is 22.7 Å². The number of halogens is 3. The number of hydrogen-bond donors (Lipinski definition) is 2. The van der Waals surface area contributed by atoms with Crippen molar-refractivity contribution in [2.45, 2.75) is 24.0 Å². The Hall–Kier alpha value is -2.73. The van der Waals surface area contributed by atoms with E-state index in [1.807, 2.05) is 18.2 Å². The van der Waals surface area contributed by atoms with Gasteiger partial charge in [-0.3, -0.25) is 4.72 Å². The lowest BCUT2D eigenvalue weighted by Gasteiger charge is -2.32. The van der Waals surface area contributed by atoms with E-state index in [0.717, 1.165) is 81.0 Å². The van der Waals surface area contributed by atoms with Gasteiger partial charge >= 0.3 is 6.18 Å². The van der Waals surface area contributed by atoms with Crippen molar-refractivity contribution < 1.29 is 21.6 Å². The summed E-state index contributed by atoms with van der Waals surface area (Å²) in [5.74, 6) is 0. The number of nitrogens with one attached hydrogen (secondary N) is 2. The van der Waals surface area contributed by atoms with E-state index in [4.69, 9.17) is 0 Å². The van der Waals surface area contributed by atoms with Crippen molar-refractivity contribution in [3.63, 3.8) is 0 Å². The Labute approximate surface area is 209 Å². The van der Waals surface area contributed by atoms with Gasteiger partial charge < -0.3 is 15.1 Å². The van der Waals surface area contributed by atoms with Crippen LogP contribution in [0.25, 0.3) is 10.9 Å². The van der Waals surface area contributed by atoms with Crippen LogP contribution in [0.5, 0.6) is 0 Å². The molecule has 3 aromatic rings. The summed E-state index contributed by atoms with van der Waals surface area (Å²) in [6.45, 7) is 6.80. The summed E-state index contributed by atoms with van der Waals surface area (Å²) in [5, 5.41) is 4.15. The Morgan fingerprint density at radius 2 is 1.69 bits per heavy atom. The third-order valence-corrected chi connectivity index (χ3v) is 7.63. The van der Waals surface area contributed by atoms with E-state index >= 15 is 0 Å². The first-order valence-corrected chi connectivity index (χ1v) is 13.3. The molecule has 0 aliphatic carbocycles. The largest absolute Gasteiger partial charge is 0.416 e. The molecule has 0 amide bonds. The van der Waals surface area contributed by atoms with Crippen molar-refractivity contribution in [2.24, 2.45) is 0 Å². The lowest BCUT2D eigenvalue weighted by molar-refractivity contribution is -0.137. The second kappa shape index (κ2) is 11.1. The molecule has 2 aromatic carbocycles. The molecule has 0 saturated carbocycles. The molecule has 11 heteroatoms. The molecule has 0 spiro atoms. The third kappa shape index (κ3) is 6.73. The van der Waals surface area contributed by atoms with Crippen LogP contribution in [-0.4, -0.2) is 69.5 Å². The van der Waals surface area contributed by atoms with Crippen LogP contribution < -0.4 is 10.0 Å². The van der Waals surface area contributed by atoms with Gasteiger partial charge in [-0.2, -0.15) is 13.2 Å². The molecule has 1 aromatic heterocycles. The minimum absolute atomic E-state index is 0.259. The summed E-state index contributed by atoms with van der Waals surface area (Å²) in [5.41, 5.74) is 0.603. The zero-order chi connectivity index (χ0) is 25.8. The Kier molecular flexibility index (Phi) is 8.13. The van der Waals surface area contributed by atoms with Crippen molar-refractivity contribution in [3.8, 4) is 0 Å². The minimum Gasteiger partial charge on any atom is -0.311 e. The third-order valence-electron chi connectivity index (χ3n) is 6.24. The summed E-state index contributed by atoms with van der Waals surface area (Å²) >= 11 is 0. The van der Waals surface area contributed by atoms with Crippen molar-refractivity contribution >= 4 is 26.6 Å². The lowest BCUT2D eigenvalue weighted by atomic mass is 10.2. The van der Waals surface area contributed by atoms with Gasteiger partial charge in [0, 0.05) is 38.1 Å². The molecule has 1 saturated heterocycles. The van der Waals surface area contributed by atoms with Gasteiger partial charge in [0.1, 0.15) is 0 Å². The molecule has 0 bridgehead atoms. The Balaban J connectivity index is 1.39. The number of anilines is 1. The number of piperazine rings is 1. The number of likely N-dealkylation sites (N-methyl/N-ethyl adjacent to an activating group) is 1. The average molecular weight is 522 g/mol. The zero-order valence-corrected chi connectivity index (χ0v) is 20.9. The summed E-state index contributed by atoms with van der Waals surface area (Å²) in [6, 6.07) is 12.3. The van der Waals surface area contributed by atoms with Gasteiger partial charge in [-0.25, -0.2) is 13.4 Å². The highest BCUT2D eigenvalue weighted by molar-refractivity contribution is 7.92. The molecule has 0 unspecified atom stereocenters. The predicted octanol–water partition coefficient (Wildman–Crippen LogP) is 3.78. The van der Waals surface area contributed by atoms with Crippen LogP contribution in [0.1, 0.15) is 17.7 Å². The first-order valence-electron chi connectivity index (χ1n) is 11.8. The van der Waals surface area contributed by atoms with Crippen molar-refractivity contribution in [3.05, 3.63) is 65.9 Å². The first kappa shape index (κ1) is 26.3. The highest BCUT2D eigenvalue weighted by atomic mass is 32.2. The number of alkyl halides is 3. The van der Waals surface area contributed by atoms with Gasteiger partial charge in [0.05, 0.1) is 27.4 Å². The number of aromatic nitrogens is 1. The van der Waals surface area contributed by atoms with Gasteiger partial charge in [0.2, 0.25) is 0 Å². The fraction of sp³-hybridized carbons (Fsp3) is 0.400. The standard InChI is InChI=1S/C25H30F3N5O2S/c1-32-14-16-33(17-15-32)13-3-12-29-18-21-9-6-19-4-2-5-23(24(19)30-21)31-36(34,35)22-10-7-20(8-11-22)25(26,27)28/h2,4-11,29,31H,3,12-18H2,1H3. The molecule has 0 radical (unpaired) electrons. The molecule has 1 aliphatic heterocycles. The number of sulfonamides is 1. The minimum atomic E-state index is -4.54. The number of rotatable bonds is 9. The molecule has 4 rings (SSSR count). The molecular weight excluding hydrogens is 491 g/mol. The summed E-state index contributed by atoms with van der Waals surface area (Å²) in [6.07, 6.45) is -3.51.